The quantitative estimate of drug-likeness (QED) is 0.677. The lowest BCUT2D eigenvalue weighted by atomic mass is 9.59. The van der Waals surface area contributed by atoms with Crippen molar-refractivity contribution in [2.24, 2.45) is 11.3 Å². The Morgan fingerprint density at radius 2 is 2.14 bits per heavy atom. The SMILES string of the molecule is CCN1CCC2(CCC2CN(C)C)C1. The van der Waals surface area contributed by atoms with Crippen molar-refractivity contribution >= 4 is 0 Å². The number of hydrogen-bond donors (Lipinski definition) is 0. The molecule has 2 rings (SSSR count). The number of rotatable bonds is 3. The van der Waals surface area contributed by atoms with E-state index in [1.54, 1.807) is 0 Å². The highest BCUT2D eigenvalue weighted by molar-refractivity contribution is 5.02. The molecular weight excluding hydrogens is 172 g/mol. The van der Waals surface area contributed by atoms with E-state index in [4.69, 9.17) is 0 Å². The molecule has 0 N–H and O–H groups in total. The average Bonchev–Trinajstić information content (AvgIpc) is 2.58. The Bertz CT molecular complexity index is 202. The van der Waals surface area contributed by atoms with Crippen molar-refractivity contribution in [2.75, 3.05) is 40.3 Å². The predicted molar refractivity (Wildman–Crippen MR) is 60.4 cm³/mol. The van der Waals surface area contributed by atoms with Crippen molar-refractivity contribution < 1.29 is 0 Å². The van der Waals surface area contributed by atoms with Crippen molar-refractivity contribution in [1.29, 1.82) is 0 Å². The van der Waals surface area contributed by atoms with Gasteiger partial charge in [-0.05, 0) is 57.8 Å². The lowest BCUT2D eigenvalue weighted by Gasteiger charge is -2.48. The third kappa shape index (κ3) is 1.70. The summed E-state index contributed by atoms with van der Waals surface area (Å²) in [5.41, 5.74) is 0.722. The van der Waals surface area contributed by atoms with E-state index in [-0.39, 0.29) is 0 Å². The second kappa shape index (κ2) is 3.82. The van der Waals surface area contributed by atoms with Crippen LogP contribution in [-0.4, -0.2) is 50.1 Å². The molecule has 82 valence electrons. The first kappa shape index (κ1) is 10.4. The Morgan fingerprint density at radius 1 is 1.36 bits per heavy atom. The highest BCUT2D eigenvalue weighted by atomic mass is 15.2. The second-order valence-electron chi connectivity index (χ2n) is 5.48. The fourth-order valence-electron chi connectivity index (χ4n) is 3.27. The second-order valence-corrected chi connectivity index (χ2v) is 5.48. The molecule has 1 heterocycles. The van der Waals surface area contributed by atoms with Crippen molar-refractivity contribution in [1.82, 2.24) is 9.80 Å². The van der Waals surface area contributed by atoms with Crippen LogP contribution in [0.15, 0.2) is 0 Å². The van der Waals surface area contributed by atoms with Gasteiger partial charge in [0.05, 0.1) is 0 Å². The first-order valence-electron chi connectivity index (χ1n) is 6.03. The monoisotopic (exact) mass is 196 g/mol. The van der Waals surface area contributed by atoms with Crippen LogP contribution in [0.1, 0.15) is 26.2 Å². The Labute approximate surface area is 88.3 Å². The van der Waals surface area contributed by atoms with Crippen LogP contribution in [0.4, 0.5) is 0 Å². The van der Waals surface area contributed by atoms with E-state index >= 15 is 0 Å². The van der Waals surface area contributed by atoms with E-state index in [0.29, 0.717) is 0 Å². The molecule has 0 radical (unpaired) electrons. The van der Waals surface area contributed by atoms with Gasteiger partial charge in [-0.3, -0.25) is 0 Å². The fourth-order valence-corrected chi connectivity index (χ4v) is 3.27. The van der Waals surface area contributed by atoms with Gasteiger partial charge in [0.1, 0.15) is 0 Å². The van der Waals surface area contributed by atoms with E-state index in [9.17, 15) is 0 Å². The minimum Gasteiger partial charge on any atom is -0.309 e. The maximum atomic E-state index is 2.63. The van der Waals surface area contributed by atoms with Gasteiger partial charge >= 0.3 is 0 Å². The minimum absolute atomic E-state index is 0.722. The number of hydrogen-bond acceptors (Lipinski definition) is 2. The van der Waals surface area contributed by atoms with E-state index in [0.717, 1.165) is 11.3 Å². The Hall–Kier alpha value is -0.0800. The molecule has 0 aromatic heterocycles. The highest BCUT2D eigenvalue weighted by Crippen LogP contribution is 2.52. The average molecular weight is 196 g/mol. The first-order valence-corrected chi connectivity index (χ1v) is 6.03. The molecule has 1 saturated carbocycles. The van der Waals surface area contributed by atoms with Gasteiger partial charge in [-0.15, -0.1) is 0 Å². The molecule has 2 fully saturated rings. The summed E-state index contributed by atoms with van der Waals surface area (Å²) >= 11 is 0. The van der Waals surface area contributed by atoms with Crippen LogP contribution in [0.25, 0.3) is 0 Å². The molecular formula is C12H24N2. The van der Waals surface area contributed by atoms with Crippen LogP contribution in [0, 0.1) is 11.3 Å². The fraction of sp³-hybridized carbons (Fsp3) is 1.00. The van der Waals surface area contributed by atoms with Gasteiger partial charge in [0.25, 0.3) is 0 Å². The third-order valence-electron chi connectivity index (χ3n) is 4.35. The Kier molecular flexibility index (Phi) is 2.85. The van der Waals surface area contributed by atoms with Gasteiger partial charge in [-0.1, -0.05) is 6.92 Å². The molecule has 2 heteroatoms. The first-order chi connectivity index (χ1) is 6.66. The Morgan fingerprint density at radius 3 is 2.57 bits per heavy atom. The predicted octanol–water partition coefficient (Wildman–Crippen LogP) is 1.67. The van der Waals surface area contributed by atoms with E-state index in [2.05, 4.69) is 30.8 Å². The van der Waals surface area contributed by atoms with E-state index in [1.165, 1.54) is 45.4 Å². The highest BCUT2D eigenvalue weighted by Gasteiger charge is 2.49. The minimum atomic E-state index is 0.722. The van der Waals surface area contributed by atoms with Crippen LogP contribution in [0.2, 0.25) is 0 Å². The number of likely N-dealkylation sites (tertiary alicyclic amines) is 1. The molecule has 2 aliphatic rings. The van der Waals surface area contributed by atoms with Crippen LogP contribution >= 0.6 is 0 Å². The van der Waals surface area contributed by atoms with Crippen LogP contribution in [-0.2, 0) is 0 Å². The largest absolute Gasteiger partial charge is 0.309 e. The zero-order valence-corrected chi connectivity index (χ0v) is 9.92. The van der Waals surface area contributed by atoms with Gasteiger partial charge in [0.15, 0.2) is 0 Å². The number of nitrogens with zero attached hydrogens (tertiary/aromatic N) is 2. The van der Waals surface area contributed by atoms with E-state index < -0.39 is 0 Å². The summed E-state index contributed by atoms with van der Waals surface area (Å²) in [5.74, 6) is 0.981. The van der Waals surface area contributed by atoms with Crippen LogP contribution in [0.5, 0.6) is 0 Å². The summed E-state index contributed by atoms with van der Waals surface area (Å²) < 4.78 is 0. The molecule has 0 aromatic carbocycles. The summed E-state index contributed by atoms with van der Waals surface area (Å²) in [6.45, 7) is 7.56. The van der Waals surface area contributed by atoms with Crippen molar-refractivity contribution in [3.05, 3.63) is 0 Å². The lowest BCUT2D eigenvalue weighted by Crippen LogP contribution is -2.47. The maximum absolute atomic E-state index is 2.63. The zero-order chi connectivity index (χ0) is 10.2. The third-order valence-corrected chi connectivity index (χ3v) is 4.35. The molecule has 2 nitrogen and oxygen atoms in total. The molecule has 2 atom stereocenters. The summed E-state index contributed by atoms with van der Waals surface area (Å²) in [7, 11) is 4.41. The van der Waals surface area contributed by atoms with Crippen molar-refractivity contribution in [2.45, 2.75) is 26.2 Å². The molecule has 1 saturated heterocycles. The van der Waals surface area contributed by atoms with Crippen molar-refractivity contribution in [3.63, 3.8) is 0 Å². The summed E-state index contributed by atoms with van der Waals surface area (Å²) in [6.07, 6.45) is 4.41. The van der Waals surface area contributed by atoms with Crippen LogP contribution in [0.3, 0.4) is 0 Å². The van der Waals surface area contributed by atoms with Crippen LogP contribution < -0.4 is 0 Å². The molecule has 0 bridgehead atoms. The molecule has 0 amide bonds. The van der Waals surface area contributed by atoms with Gasteiger partial charge in [-0.2, -0.15) is 0 Å². The zero-order valence-electron chi connectivity index (χ0n) is 9.92. The molecule has 1 aliphatic carbocycles. The van der Waals surface area contributed by atoms with Gasteiger partial charge < -0.3 is 9.80 Å². The van der Waals surface area contributed by atoms with Gasteiger partial charge in [0.2, 0.25) is 0 Å². The van der Waals surface area contributed by atoms with Gasteiger partial charge in [-0.25, -0.2) is 0 Å². The van der Waals surface area contributed by atoms with Gasteiger partial charge in [0, 0.05) is 13.1 Å². The lowest BCUT2D eigenvalue weighted by molar-refractivity contribution is 0.0213. The Balaban J connectivity index is 1.91. The molecule has 2 unspecified atom stereocenters. The molecule has 1 spiro atoms. The summed E-state index contributed by atoms with van der Waals surface area (Å²) in [5, 5.41) is 0. The molecule has 1 aliphatic heterocycles. The summed E-state index contributed by atoms with van der Waals surface area (Å²) in [6, 6.07) is 0. The molecule has 0 aromatic rings. The van der Waals surface area contributed by atoms with Crippen molar-refractivity contribution in [3.8, 4) is 0 Å². The normalized spacial score (nSPS) is 38.1. The smallest absolute Gasteiger partial charge is 0.00415 e. The maximum Gasteiger partial charge on any atom is 0.00415 e. The topological polar surface area (TPSA) is 6.48 Å². The van der Waals surface area contributed by atoms with E-state index in [1.807, 2.05) is 0 Å². The molecule has 14 heavy (non-hydrogen) atoms. The standard InChI is InChI=1S/C12H24N2/c1-4-14-8-7-12(10-14)6-5-11(12)9-13(2)3/h11H,4-10H2,1-3H3. The summed E-state index contributed by atoms with van der Waals surface area (Å²) in [4.78, 5) is 4.99.